The highest BCUT2D eigenvalue weighted by Gasteiger charge is 2.17. The molecule has 0 saturated heterocycles. The molecule has 0 aliphatic rings. The first-order valence-electron chi connectivity index (χ1n) is 11.3. The predicted octanol–water partition coefficient (Wildman–Crippen LogP) is 7.73. The van der Waals surface area contributed by atoms with Crippen LogP contribution < -0.4 is 10.3 Å². The van der Waals surface area contributed by atoms with Gasteiger partial charge < -0.3 is 9.15 Å². The summed E-state index contributed by atoms with van der Waals surface area (Å²) in [4.78, 5) is 18.2. The van der Waals surface area contributed by atoms with Crippen molar-refractivity contribution in [2.45, 2.75) is 26.4 Å². The van der Waals surface area contributed by atoms with Crippen LogP contribution in [0.15, 0.2) is 75.0 Å². The number of rotatable bonds is 6. The Labute approximate surface area is 239 Å². The fourth-order valence-corrected chi connectivity index (χ4v) is 5.94. The summed E-state index contributed by atoms with van der Waals surface area (Å²) < 4.78 is 15.3. The van der Waals surface area contributed by atoms with Gasteiger partial charge in [0, 0.05) is 10.4 Å². The molecule has 0 unspecified atom stereocenters. The van der Waals surface area contributed by atoms with Crippen molar-refractivity contribution in [3.63, 3.8) is 0 Å². The Morgan fingerprint density at radius 2 is 1.89 bits per heavy atom. The number of fused-ring (bicyclic) bond motifs is 2. The fraction of sp³-hybridized carbons (Fsp3) is 0.148. The Kier molecular flexibility index (Phi) is 7.36. The molecule has 0 spiro atoms. The number of hydrogen-bond donors (Lipinski definition) is 0. The molecule has 3 aromatic carbocycles. The lowest BCUT2D eigenvalue weighted by molar-refractivity contribution is 0.214. The average molecular weight is 724 g/mol. The molecule has 1 atom stereocenters. The first-order chi connectivity index (χ1) is 17.3. The first kappa shape index (κ1) is 25.2. The van der Waals surface area contributed by atoms with Gasteiger partial charge in [-0.25, -0.2) is 4.98 Å². The van der Waals surface area contributed by atoms with Crippen molar-refractivity contribution in [3.8, 4) is 17.3 Å². The summed E-state index contributed by atoms with van der Waals surface area (Å²) in [6.45, 7) is 4.14. The molecule has 182 valence electrons. The van der Waals surface area contributed by atoms with Gasteiger partial charge in [0.2, 0.25) is 5.82 Å². The molecule has 0 N–H and O–H groups in total. The van der Waals surface area contributed by atoms with E-state index in [4.69, 9.17) is 25.7 Å². The standard InChI is InChI=1S/C27H20ClI2N3O3/c1-3-15(2)35-25-20(29)10-16(11-21(25)30)14-31-33-26(32-22-7-5-4-6-19(22)27(33)34)24-13-17-12-18(28)8-9-23(17)36-24/h4-15H,3H2,1-2H3/t15-/m0/s1. The lowest BCUT2D eigenvalue weighted by Crippen LogP contribution is -2.20. The Hall–Kier alpha value is -2.44. The molecule has 0 bridgehead atoms. The summed E-state index contributed by atoms with van der Waals surface area (Å²) in [6, 6.07) is 18.3. The second-order valence-electron chi connectivity index (χ2n) is 8.26. The number of ether oxygens (including phenoxy) is 1. The number of halogens is 3. The fourth-order valence-electron chi connectivity index (χ4n) is 3.69. The van der Waals surface area contributed by atoms with Crippen LogP contribution in [0.5, 0.6) is 5.75 Å². The number of hydrogen-bond acceptors (Lipinski definition) is 5. The van der Waals surface area contributed by atoms with E-state index in [0.29, 0.717) is 33.1 Å². The van der Waals surface area contributed by atoms with Crippen molar-refractivity contribution in [1.29, 1.82) is 0 Å². The summed E-state index contributed by atoms with van der Waals surface area (Å²) in [7, 11) is 0. The molecule has 6 nitrogen and oxygen atoms in total. The zero-order valence-electron chi connectivity index (χ0n) is 19.3. The van der Waals surface area contributed by atoms with Crippen molar-refractivity contribution in [2.24, 2.45) is 5.10 Å². The summed E-state index contributed by atoms with van der Waals surface area (Å²) in [5.41, 5.74) is 1.76. The molecule has 0 fully saturated rings. The highest BCUT2D eigenvalue weighted by Crippen LogP contribution is 2.31. The Morgan fingerprint density at radius 1 is 1.14 bits per heavy atom. The van der Waals surface area contributed by atoms with Crippen molar-refractivity contribution in [1.82, 2.24) is 9.66 Å². The van der Waals surface area contributed by atoms with Gasteiger partial charge in [-0.1, -0.05) is 30.7 Å². The molecule has 0 saturated carbocycles. The molecule has 36 heavy (non-hydrogen) atoms. The number of para-hydroxylation sites is 1. The zero-order chi connectivity index (χ0) is 25.4. The van der Waals surface area contributed by atoms with Gasteiger partial charge in [0.05, 0.1) is 30.4 Å². The number of furan rings is 1. The Morgan fingerprint density at radius 3 is 2.64 bits per heavy atom. The van der Waals surface area contributed by atoms with E-state index >= 15 is 0 Å². The van der Waals surface area contributed by atoms with Crippen LogP contribution in [0, 0.1) is 7.14 Å². The van der Waals surface area contributed by atoms with E-state index in [1.54, 1.807) is 30.5 Å². The van der Waals surface area contributed by atoms with E-state index in [-0.39, 0.29) is 11.7 Å². The van der Waals surface area contributed by atoms with E-state index in [1.165, 1.54) is 4.68 Å². The molecule has 0 radical (unpaired) electrons. The minimum absolute atomic E-state index is 0.120. The molecule has 2 heterocycles. The van der Waals surface area contributed by atoms with E-state index in [9.17, 15) is 4.79 Å². The Balaban J connectivity index is 1.63. The summed E-state index contributed by atoms with van der Waals surface area (Å²) in [5.74, 6) is 1.59. The van der Waals surface area contributed by atoms with Crippen molar-refractivity contribution in [2.75, 3.05) is 0 Å². The second kappa shape index (κ2) is 10.5. The van der Waals surface area contributed by atoms with E-state index < -0.39 is 0 Å². The maximum Gasteiger partial charge on any atom is 0.282 e. The molecule has 0 aliphatic carbocycles. The third-order valence-electron chi connectivity index (χ3n) is 5.69. The van der Waals surface area contributed by atoms with E-state index in [0.717, 1.165) is 30.3 Å². The minimum atomic E-state index is -0.286. The van der Waals surface area contributed by atoms with Crippen LogP contribution in [0.4, 0.5) is 0 Å². The monoisotopic (exact) mass is 723 g/mol. The van der Waals surface area contributed by atoms with Gasteiger partial charge in [-0.05, 0) is 113 Å². The van der Waals surface area contributed by atoms with Crippen LogP contribution in [0.1, 0.15) is 25.8 Å². The minimum Gasteiger partial charge on any atom is -0.489 e. The smallest absolute Gasteiger partial charge is 0.282 e. The quantitative estimate of drug-likeness (QED) is 0.133. The van der Waals surface area contributed by atoms with Crippen LogP contribution in [-0.2, 0) is 0 Å². The van der Waals surface area contributed by atoms with Crippen molar-refractivity contribution >= 4 is 84.9 Å². The van der Waals surface area contributed by atoms with E-state index in [2.05, 4.69) is 57.2 Å². The van der Waals surface area contributed by atoms with Gasteiger partial charge in [-0.3, -0.25) is 4.79 Å². The first-order valence-corrected chi connectivity index (χ1v) is 13.8. The average Bonchev–Trinajstić information content (AvgIpc) is 3.28. The lowest BCUT2D eigenvalue weighted by atomic mass is 10.2. The van der Waals surface area contributed by atoms with Gasteiger partial charge in [-0.2, -0.15) is 9.78 Å². The highest BCUT2D eigenvalue weighted by atomic mass is 127. The highest BCUT2D eigenvalue weighted by molar-refractivity contribution is 14.1. The van der Waals surface area contributed by atoms with Crippen molar-refractivity contribution in [3.05, 3.63) is 88.7 Å². The maximum absolute atomic E-state index is 13.5. The van der Waals surface area contributed by atoms with Crippen LogP contribution >= 0.6 is 56.8 Å². The number of benzene rings is 3. The number of aromatic nitrogens is 2. The Bertz CT molecular complexity index is 1670. The molecule has 5 rings (SSSR count). The molecular weight excluding hydrogens is 704 g/mol. The largest absolute Gasteiger partial charge is 0.489 e. The van der Waals surface area contributed by atoms with Crippen LogP contribution in [0.25, 0.3) is 33.5 Å². The summed E-state index contributed by atoms with van der Waals surface area (Å²) >= 11 is 10.7. The van der Waals surface area contributed by atoms with Gasteiger partial charge in [0.25, 0.3) is 5.56 Å². The van der Waals surface area contributed by atoms with Gasteiger partial charge in [-0.15, -0.1) is 0 Å². The predicted molar refractivity (Wildman–Crippen MR) is 161 cm³/mol. The molecule has 0 aliphatic heterocycles. The normalized spacial score (nSPS) is 12.6. The second-order valence-corrected chi connectivity index (χ2v) is 11.0. The third-order valence-corrected chi connectivity index (χ3v) is 7.53. The molecular formula is C27H20ClI2N3O3. The van der Waals surface area contributed by atoms with Crippen LogP contribution in [0.3, 0.4) is 0 Å². The van der Waals surface area contributed by atoms with Gasteiger partial charge in [0.1, 0.15) is 11.3 Å². The lowest BCUT2D eigenvalue weighted by Gasteiger charge is -2.16. The topological polar surface area (TPSA) is 69.6 Å². The maximum atomic E-state index is 13.5. The van der Waals surface area contributed by atoms with Crippen LogP contribution in [-0.4, -0.2) is 22.0 Å². The molecule has 5 aromatic rings. The number of nitrogens with zero attached hydrogens (tertiary/aromatic N) is 3. The van der Waals surface area contributed by atoms with Gasteiger partial charge >= 0.3 is 0 Å². The molecule has 9 heteroatoms. The zero-order valence-corrected chi connectivity index (χ0v) is 24.4. The third kappa shape index (κ3) is 5.03. The van der Waals surface area contributed by atoms with Crippen LogP contribution in [0.2, 0.25) is 5.02 Å². The van der Waals surface area contributed by atoms with Gasteiger partial charge in [0.15, 0.2) is 5.76 Å². The van der Waals surface area contributed by atoms with Crippen molar-refractivity contribution < 1.29 is 9.15 Å². The molecule has 0 amide bonds. The summed E-state index contributed by atoms with van der Waals surface area (Å²) in [5, 5.41) is 6.45. The molecule has 2 aromatic heterocycles. The van der Waals surface area contributed by atoms with E-state index in [1.807, 2.05) is 43.3 Å². The summed E-state index contributed by atoms with van der Waals surface area (Å²) in [6.07, 6.45) is 2.69. The SMILES string of the molecule is CC[C@H](C)Oc1c(I)cc(C=Nn2c(-c3cc4cc(Cl)ccc4o3)nc3ccccc3c2=O)cc1I.